The molecule has 1 aliphatic carbocycles. The molecule has 0 bridgehead atoms. The Morgan fingerprint density at radius 2 is 2.17 bits per heavy atom. The van der Waals surface area contributed by atoms with E-state index in [1.807, 2.05) is 35.8 Å². The first-order valence-corrected chi connectivity index (χ1v) is 9.80. The van der Waals surface area contributed by atoms with Crippen molar-refractivity contribution in [2.75, 3.05) is 6.54 Å². The van der Waals surface area contributed by atoms with Crippen molar-refractivity contribution in [3.8, 4) is 0 Å². The highest BCUT2D eigenvalue weighted by atomic mass is 16.4. The van der Waals surface area contributed by atoms with Gasteiger partial charge in [-0.2, -0.15) is 5.10 Å². The standard InChI is InChI=1S/C20H19N7O2/c1-11-2-5-13-8-15(25-27(13)9-11)17-16-14(21-10-22-16)6-7-26(17)20(28)19-24-23-18(29-19)12-3-4-12/h2,5,8-10,12,17H,3-4,6-7H2,1H3,(H,21,22)/t17-/m0/s1. The van der Waals surface area contributed by atoms with Crippen LogP contribution >= 0.6 is 0 Å². The van der Waals surface area contributed by atoms with Crippen LogP contribution in [0.1, 0.15) is 64.0 Å². The number of aromatic amines is 1. The normalized spacial score (nSPS) is 18.9. The van der Waals surface area contributed by atoms with Crippen LogP contribution < -0.4 is 0 Å². The Morgan fingerprint density at radius 1 is 1.28 bits per heavy atom. The topological polar surface area (TPSA) is 105 Å². The number of rotatable bonds is 3. The van der Waals surface area contributed by atoms with Crippen LogP contribution in [-0.4, -0.2) is 47.1 Å². The number of pyridine rings is 1. The lowest BCUT2D eigenvalue weighted by Gasteiger charge is -2.32. The van der Waals surface area contributed by atoms with Gasteiger partial charge in [-0.3, -0.25) is 4.79 Å². The third kappa shape index (κ3) is 2.65. The van der Waals surface area contributed by atoms with Gasteiger partial charge in [0.15, 0.2) is 0 Å². The van der Waals surface area contributed by atoms with Crippen molar-refractivity contribution in [1.29, 1.82) is 0 Å². The van der Waals surface area contributed by atoms with Crippen molar-refractivity contribution in [2.45, 2.75) is 38.1 Å². The summed E-state index contributed by atoms with van der Waals surface area (Å²) in [6.45, 7) is 2.54. The molecule has 1 N–H and O–H groups in total. The lowest BCUT2D eigenvalue weighted by atomic mass is 9.99. The van der Waals surface area contributed by atoms with E-state index in [0.29, 0.717) is 24.8 Å². The van der Waals surface area contributed by atoms with Crippen molar-refractivity contribution < 1.29 is 9.21 Å². The molecule has 1 saturated carbocycles. The van der Waals surface area contributed by atoms with Crippen LogP contribution in [0.5, 0.6) is 0 Å². The average Bonchev–Trinajstić information content (AvgIpc) is 3.13. The van der Waals surface area contributed by atoms with Gasteiger partial charge < -0.3 is 14.3 Å². The zero-order chi connectivity index (χ0) is 19.5. The van der Waals surface area contributed by atoms with E-state index in [9.17, 15) is 4.79 Å². The van der Waals surface area contributed by atoms with Gasteiger partial charge in [0, 0.05) is 30.8 Å². The Morgan fingerprint density at radius 3 is 3.03 bits per heavy atom. The molecule has 1 aliphatic heterocycles. The van der Waals surface area contributed by atoms with Crippen molar-refractivity contribution in [2.24, 2.45) is 0 Å². The van der Waals surface area contributed by atoms with Crippen LogP contribution in [0.15, 0.2) is 35.1 Å². The molecule has 4 aromatic rings. The summed E-state index contributed by atoms with van der Waals surface area (Å²) in [5.41, 5.74) is 4.68. The highest BCUT2D eigenvalue weighted by Crippen LogP contribution is 2.39. The van der Waals surface area contributed by atoms with Gasteiger partial charge in [0.1, 0.15) is 6.04 Å². The van der Waals surface area contributed by atoms with Crippen molar-refractivity contribution in [1.82, 2.24) is 34.7 Å². The van der Waals surface area contributed by atoms with E-state index in [2.05, 4.69) is 20.2 Å². The number of hydrogen-bond donors (Lipinski definition) is 1. The fourth-order valence-electron chi connectivity index (χ4n) is 3.98. The lowest BCUT2D eigenvalue weighted by molar-refractivity contribution is 0.0644. The molecule has 9 nitrogen and oxygen atoms in total. The third-order valence-corrected chi connectivity index (χ3v) is 5.64. The molecule has 0 unspecified atom stereocenters. The molecule has 1 amide bonds. The molecule has 0 saturated heterocycles. The van der Waals surface area contributed by atoms with Gasteiger partial charge in [-0.25, -0.2) is 9.50 Å². The molecule has 29 heavy (non-hydrogen) atoms. The van der Waals surface area contributed by atoms with E-state index < -0.39 is 6.04 Å². The third-order valence-electron chi connectivity index (χ3n) is 5.64. The minimum Gasteiger partial charge on any atom is -0.417 e. The molecular formula is C20H19N7O2. The Balaban J connectivity index is 1.43. The van der Waals surface area contributed by atoms with E-state index in [0.717, 1.165) is 41.0 Å². The predicted molar refractivity (Wildman–Crippen MR) is 101 cm³/mol. The van der Waals surface area contributed by atoms with Gasteiger partial charge in [0.2, 0.25) is 5.89 Å². The fourth-order valence-corrected chi connectivity index (χ4v) is 3.98. The SMILES string of the molecule is Cc1ccc2cc([C@H]3c4nc[nH]c4CCN3C(=O)c3nnc(C4CC4)o3)nn2c1. The number of nitrogens with one attached hydrogen (secondary N) is 1. The molecule has 0 aromatic carbocycles. The van der Waals surface area contributed by atoms with Gasteiger partial charge >= 0.3 is 11.8 Å². The summed E-state index contributed by atoms with van der Waals surface area (Å²) in [4.78, 5) is 22.7. The summed E-state index contributed by atoms with van der Waals surface area (Å²) in [6, 6.07) is 5.65. The smallest absolute Gasteiger partial charge is 0.312 e. The Labute approximate surface area is 165 Å². The second-order valence-corrected chi connectivity index (χ2v) is 7.78. The predicted octanol–water partition coefficient (Wildman–Crippen LogP) is 2.41. The first-order valence-electron chi connectivity index (χ1n) is 9.80. The van der Waals surface area contributed by atoms with Crippen molar-refractivity contribution in [3.05, 3.63) is 65.1 Å². The number of imidazole rings is 1. The summed E-state index contributed by atoms with van der Waals surface area (Å²) in [5, 5.41) is 12.8. The van der Waals surface area contributed by atoms with Crippen LogP contribution in [0, 0.1) is 6.92 Å². The lowest BCUT2D eigenvalue weighted by Crippen LogP contribution is -2.41. The van der Waals surface area contributed by atoms with Crippen LogP contribution in [0.2, 0.25) is 0 Å². The summed E-state index contributed by atoms with van der Waals surface area (Å²) in [5.74, 6) is 0.623. The van der Waals surface area contributed by atoms with Gasteiger partial charge in [-0.15, -0.1) is 10.2 Å². The zero-order valence-electron chi connectivity index (χ0n) is 15.9. The number of aryl methyl sites for hydroxylation is 1. The molecule has 146 valence electrons. The number of carbonyl (C=O) groups is 1. The van der Waals surface area contributed by atoms with Crippen molar-refractivity contribution >= 4 is 11.4 Å². The highest BCUT2D eigenvalue weighted by Gasteiger charge is 2.39. The summed E-state index contributed by atoms with van der Waals surface area (Å²) in [6.07, 6.45) is 6.41. The molecule has 1 atom stereocenters. The molecular weight excluding hydrogens is 370 g/mol. The maximum atomic E-state index is 13.3. The summed E-state index contributed by atoms with van der Waals surface area (Å²) in [7, 11) is 0. The number of hydrogen-bond acceptors (Lipinski definition) is 6. The fraction of sp³-hybridized carbons (Fsp3) is 0.350. The van der Waals surface area contributed by atoms with E-state index in [1.165, 1.54) is 0 Å². The number of aromatic nitrogens is 6. The number of nitrogens with zero attached hydrogens (tertiary/aromatic N) is 6. The summed E-state index contributed by atoms with van der Waals surface area (Å²) >= 11 is 0. The second-order valence-electron chi connectivity index (χ2n) is 7.78. The molecule has 4 aromatic heterocycles. The van der Waals surface area contributed by atoms with E-state index in [1.54, 1.807) is 11.2 Å². The first kappa shape index (κ1) is 16.5. The molecule has 5 heterocycles. The van der Waals surface area contributed by atoms with Gasteiger partial charge in [0.05, 0.1) is 23.2 Å². The molecule has 0 radical (unpaired) electrons. The van der Waals surface area contributed by atoms with Crippen molar-refractivity contribution in [3.63, 3.8) is 0 Å². The van der Waals surface area contributed by atoms with Crippen LogP contribution in [0.4, 0.5) is 0 Å². The van der Waals surface area contributed by atoms with Crippen LogP contribution in [0.25, 0.3) is 5.52 Å². The largest absolute Gasteiger partial charge is 0.417 e. The van der Waals surface area contributed by atoms with Crippen LogP contribution in [-0.2, 0) is 6.42 Å². The molecule has 2 aliphatic rings. The molecule has 1 fully saturated rings. The number of carbonyl (C=O) groups excluding carboxylic acids is 1. The maximum Gasteiger partial charge on any atom is 0.312 e. The average molecular weight is 389 g/mol. The second kappa shape index (κ2) is 6.00. The Kier molecular flexibility index (Phi) is 3.41. The maximum absolute atomic E-state index is 13.3. The molecule has 9 heteroatoms. The van der Waals surface area contributed by atoms with Gasteiger partial charge in [-0.1, -0.05) is 6.07 Å². The van der Waals surface area contributed by atoms with Gasteiger partial charge in [-0.05, 0) is 37.5 Å². The minimum absolute atomic E-state index is 0.0375. The highest BCUT2D eigenvalue weighted by molar-refractivity contribution is 5.90. The quantitative estimate of drug-likeness (QED) is 0.577. The first-order chi connectivity index (χ1) is 14.2. The number of amides is 1. The zero-order valence-corrected chi connectivity index (χ0v) is 15.9. The number of H-pyrrole nitrogens is 1. The Hall–Kier alpha value is -3.49. The number of fused-ring (bicyclic) bond motifs is 2. The van der Waals surface area contributed by atoms with Crippen LogP contribution in [0.3, 0.4) is 0 Å². The van der Waals surface area contributed by atoms with E-state index >= 15 is 0 Å². The van der Waals surface area contributed by atoms with E-state index in [4.69, 9.17) is 9.52 Å². The summed E-state index contributed by atoms with van der Waals surface area (Å²) < 4.78 is 7.52. The molecule has 6 rings (SSSR count). The van der Waals surface area contributed by atoms with E-state index in [-0.39, 0.29) is 11.8 Å². The molecule has 0 spiro atoms. The van der Waals surface area contributed by atoms with Gasteiger partial charge in [0.25, 0.3) is 0 Å². The Bertz CT molecular complexity index is 1230. The minimum atomic E-state index is -0.408. The monoisotopic (exact) mass is 389 g/mol.